The van der Waals surface area contributed by atoms with Crippen molar-refractivity contribution in [2.75, 3.05) is 18.6 Å². The van der Waals surface area contributed by atoms with Gasteiger partial charge in [0.25, 0.3) is 0 Å². The number of nitrogens with zero attached hydrogens (tertiary/aromatic N) is 1. The molecule has 12 heavy (non-hydrogen) atoms. The van der Waals surface area contributed by atoms with Gasteiger partial charge in [0.15, 0.2) is 0 Å². The first-order chi connectivity index (χ1) is 5.81. The molecule has 0 aliphatic heterocycles. The standard InChI is InChI=1S/C9H10N2S/c1-11-8-5-7(6-10)3-4-9(8)12-2/h3-5,11H,1-2H3. The van der Waals surface area contributed by atoms with Gasteiger partial charge in [-0.1, -0.05) is 0 Å². The molecule has 0 spiro atoms. The molecule has 0 aliphatic rings. The van der Waals surface area contributed by atoms with Crippen LogP contribution in [0.5, 0.6) is 0 Å². The Bertz CT molecular complexity index is 315. The second kappa shape index (κ2) is 4.03. The van der Waals surface area contributed by atoms with Crippen LogP contribution < -0.4 is 5.32 Å². The molecule has 1 N–H and O–H groups in total. The van der Waals surface area contributed by atoms with E-state index in [1.165, 1.54) is 0 Å². The zero-order chi connectivity index (χ0) is 8.97. The van der Waals surface area contributed by atoms with Crippen molar-refractivity contribution in [2.24, 2.45) is 0 Å². The second-order valence-corrected chi connectivity index (χ2v) is 3.12. The Morgan fingerprint density at radius 3 is 2.75 bits per heavy atom. The van der Waals surface area contributed by atoms with Gasteiger partial charge in [-0.15, -0.1) is 11.8 Å². The highest BCUT2D eigenvalue weighted by Crippen LogP contribution is 2.25. The molecule has 0 aromatic heterocycles. The number of hydrogen-bond acceptors (Lipinski definition) is 3. The van der Waals surface area contributed by atoms with Crippen LogP contribution in [-0.2, 0) is 0 Å². The van der Waals surface area contributed by atoms with Gasteiger partial charge in [-0.25, -0.2) is 0 Å². The maximum Gasteiger partial charge on any atom is 0.0992 e. The minimum atomic E-state index is 0.692. The van der Waals surface area contributed by atoms with Crippen molar-refractivity contribution in [3.63, 3.8) is 0 Å². The Kier molecular flexibility index (Phi) is 3.01. The summed E-state index contributed by atoms with van der Waals surface area (Å²) in [7, 11) is 1.86. The quantitative estimate of drug-likeness (QED) is 0.706. The van der Waals surface area contributed by atoms with Crippen LogP contribution in [0.1, 0.15) is 5.56 Å². The first-order valence-electron chi connectivity index (χ1n) is 3.57. The van der Waals surface area contributed by atoms with E-state index in [0.29, 0.717) is 5.56 Å². The number of benzene rings is 1. The highest BCUT2D eigenvalue weighted by Gasteiger charge is 1.99. The van der Waals surface area contributed by atoms with Gasteiger partial charge in [0.05, 0.1) is 11.6 Å². The summed E-state index contributed by atoms with van der Waals surface area (Å²) in [4.78, 5) is 1.16. The summed E-state index contributed by atoms with van der Waals surface area (Å²) in [6.45, 7) is 0. The summed E-state index contributed by atoms with van der Waals surface area (Å²) in [5.41, 5.74) is 1.71. The molecule has 1 aromatic rings. The number of thioether (sulfide) groups is 1. The van der Waals surface area contributed by atoms with Crippen molar-refractivity contribution < 1.29 is 0 Å². The molecule has 0 radical (unpaired) electrons. The summed E-state index contributed by atoms with van der Waals surface area (Å²) in [5.74, 6) is 0. The second-order valence-electron chi connectivity index (χ2n) is 2.28. The van der Waals surface area contributed by atoms with Crippen molar-refractivity contribution in [1.82, 2.24) is 0 Å². The average Bonchev–Trinajstić information content (AvgIpc) is 2.16. The molecule has 0 bridgehead atoms. The van der Waals surface area contributed by atoms with E-state index in [2.05, 4.69) is 11.4 Å². The first kappa shape index (κ1) is 8.95. The van der Waals surface area contributed by atoms with Crippen molar-refractivity contribution in [3.05, 3.63) is 23.8 Å². The van der Waals surface area contributed by atoms with Crippen LogP contribution in [0.2, 0.25) is 0 Å². The molecule has 3 heteroatoms. The van der Waals surface area contributed by atoms with Crippen molar-refractivity contribution >= 4 is 17.4 Å². The van der Waals surface area contributed by atoms with Crippen LogP contribution in [0.15, 0.2) is 23.1 Å². The fraction of sp³-hybridized carbons (Fsp3) is 0.222. The molecular formula is C9H10N2S. The third-order valence-corrected chi connectivity index (χ3v) is 2.39. The number of nitrogens with one attached hydrogen (secondary N) is 1. The summed E-state index contributed by atoms with van der Waals surface area (Å²) in [6.07, 6.45) is 2.02. The zero-order valence-electron chi connectivity index (χ0n) is 7.09. The third-order valence-electron chi connectivity index (χ3n) is 1.60. The van der Waals surface area contributed by atoms with E-state index < -0.39 is 0 Å². The molecule has 0 amide bonds. The third kappa shape index (κ3) is 1.72. The molecule has 0 unspecified atom stereocenters. The molecular weight excluding hydrogens is 168 g/mol. The van der Waals surface area contributed by atoms with Gasteiger partial charge in [0.1, 0.15) is 0 Å². The van der Waals surface area contributed by atoms with Crippen LogP contribution in [0.25, 0.3) is 0 Å². The van der Waals surface area contributed by atoms with Crippen LogP contribution in [0.3, 0.4) is 0 Å². The Labute approximate surface area is 76.6 Å². The normalized spacial score (nSPS) is 9.08. The van der Waals surface area contributed by atoms with Gasteiger partial charge in [0, 0.05) is 17.6 Å². The Balaban J connectivity index is 3.13. The van der Waals surface area contributed by atoms with Gasteiger partial charge in [-0.3, -0.25) is 0 Å². The molecule has 2 nitrogen and oxygen atoms in total. The monoisotopic (exact) mass is 178 g/mol. The minimum Gasteiger partial charge on any atom is -0.387 e. The fourth-order valence-electron chi connectivity index (χ4n) is 0.973. The lowest BCUT2D eigenvalue weighted by molar-refractivity contribution is 1.36. The lowest BCUT2D eigenvalue weighted by Gasteiger charge is -2.05. The lowest BCUT2D eigenvalue weighted by atomic mass is 10.2. The van der Waals surface area contributed by atoms with Gasteiger partial charge in [0.2, 0.25) is 0 Å². The van der Waals surface area contributed by atoms with E-state index >= 15 is 0 Å². The molecule has 1 aromatic carbocycles. The number of anilines is 1. The number of nitriles is 1. The molecule has 0 atom stereocenters. The zero-order valence-corrected chi connectivity index (χ0v) is 7.90. The summed E-state index contributed by atoms with van der Waals surface area (Å²) >= 11 is 1.67. The van der Waals surface area contributed by atoms with E-state index in [1.54, 1.807) is 11.8 Å². The van der Waals surface area contributed by atoms with E-state index in [9.17, 15) is 0 Å². The topological polar surface area (TPSA) is 35.8 Å². The van der Waals surface area contributed by atoms with Gasteiger partial charge in [-0.05, 0) is 24.5 Å². The maximum absolute atomic E-state index is 8.64. The van der Waals surface area contributed by atoms with Crippen molar-refractivity contribution in [1.29, 1.82) is 5.26 Å². The molecule has 0 saturated heterocycles. The van der Waals surface area contributed by atoms with Crippen molar-refractivity contribution in [2.45, 2.75) is 4.90 Å². The van der Waals surface area contributed by atoms with E-state index in [4.69, 9.17) is 5.26 Å². The SMILES string of the molecule is CNc1cc(C#N)ccc1SC. The Morgan fingerprint density at radius 2 is 2.25 bits per heavy atom. The van der Waals surface area contributed by atoms with Crippen LogP contribution in [-0.4, -0.2) is 13.3 Å². The minimum absolute atomic E-state index is 0.692. The average molecular weight is 178 g/mol. The summed E-state index contributed by atoms with van der Waals surface area (Å²) in [6, 6.07) is 7.74. The van der Waals surface area contributed by atoms with E-state index in [-0.39, 0.29) is 0 Å². The van der Waals surface area contributed by atoms with Crippen molar-refractivity contribution in [3.8, 4) is 6.07 Å². The summed E-state index contributed by atoms with van der Waals surface area (Å²) in [5, 5.41) is 11.7. The maximum atomic E-state index is 8.64. The number of hydrogen-bond donors (Lipinski definition) is 1. The van der Waals surface area contributed by atoms with Gasteiger partial charge >= 0.3 is 0 Å². The highest BCUT2D eigenvalue weighted by molar-refractivity contribution is 7.98. The van der Waals surface area contributed by atoms with Crippen LogP contribution in [0, 0.1) is 11.3 Å². The lowest BCUT2D eigenvalue weighted by Crippen LogP contribution is -1.91. The fourth-order valence-corrected chi connectivity index (χ4v) is 1.56. The predicted molar refractivity (Wildman–Crippen MR) is 52.5 cm³/mol. The van der Waals surface area contributed by atoms with Gasteiger partial charge in [-0.2, -0.15) is 5.26 Å². The molecule has 0 heterocycles. The molecule has 1 rings (SSSR count). The largest absolute Gasteiger partial charge is 0.387 e. The summed E-state index contributed by atoms with van der Waals surface area (Å²) < 4.78 is 0. The predicted octanol–water partition coefficient (Wildman–Crippen LogP) is 2.32. The highest BCUT2D eigenvalue weighted by atomic mass is 32.2. The molecule has 0 aliphatic carbocycles. The molecule has 0 saturated carbocycles. The molecule has 62 valence electrons. The van der Waals surface area contributed by atoms with E-state index in [1.807, 2.05) is 31.5 Å². The Hall–Kier alpha value is -1.14. The smallest absolute Gasteiger partial charge is 0.0992 e. The molecule has 0 fully saturated rings. The van der Waals surface area contributed by atoms with Gasteiger partial charge < -0.3 is 5.32 Å². The van der Waals surface area contributed by atoms with Crippen LogP contribution >= 0.6 is 11.8 Å². The van der Waals surface area contributed by atoms with E-state index in [0.717, 1.165) is 10.6 Å². The first-order valence-corrected chi connectivity index (χ1v) is 4.80. The Morgan fingerprint density at radius 1 is 1.50 bits per heavy atom. The number of rotatable bonds is 2. The van der Waals surface area contributed by atoms with Crippen LogP contribution in [0.4, 0.5) is 5.69 Å².